The molecule has 2 fully saturated rings. The van der Waals surface area contributed by atoms with Crippen molar-refractivity contribution in [2.75, 3.05) is 90.6 Å². The van der Waals surface area contributed by atoms with Crippen LogP contribution in [-0.4, -0.2) is 147 Å². The number of aryl methyl sites for hydroxylation is 2. The van der Waals surface area contributed by atoms with Gasteiger partial charge in [-0.2, -0.15) is 0 Å². The van der Waals surface area contributed by atoms with Crippen molar-refractivity contribution in [2.45, 2.75) is 125 Å². The number of aliphatic hydroxyl groups is 2. The fraction of sp³-hybridized carbons (Fsp3) is 0.543. The van der Waals surface area contributed by atoms with E-state index >= 15 is 0 Å². The molecule has 2 spiro atoms. The number of nitrogens with zero attached hydrogens (tertiary/aromatic N) is 4. The molecule has 4 heterocycles. The van der Waals surface area contributed by atoms with Gasteiger partial charge in [0.2, 0.25) is 11.8 Å². The summed E-state index contributed by atoms with van der Waals surface area (Å²) in [5.74, 6) is -1.06. The maximum Gasteiger partial charge on any atom is 0.340 e. The van der Waals surface area contributed by atoms with Crippen LogP contribution >= 0.6 is 23.2 Å². The summed E-state index contributed by atoms with van der Waals surface area (Å²) in [6.45, 7) is 8.64. The van der Waals surface area contributed by atoms with Gasteiger partial charge in [0.1, 0.15) is 11.5 Å². The highest BCUT2D eigenvalue weighted by Gasteiger charge is 2.49. The molecule has 12 rings (SSSR count). The van der Waals surface area contributed by atoms with Crippen LogP contribution in [0.2, 0.25) is 10.0 Å². The number of amides is 2. The minimum Gasteiger partial charge on any atom is -0.490 e. The molecule has 88 heavy (non-hydrogen) atoms. The molecule has 8 aliphatic rings. The quantitative estimate of drug-likeness (QED) is 0.141. The van der Waals surface area contributed by atoms with E-state index in [-0.39, 0.29) is 46.0 Å². The second kappa shape index (κ2) is 25.6. The van der Waals surface area contributed by atoms with Gasteiger partial charge in [-0.1, -0.05) is 85.6 Å². The number of methoxy groups -OCH3 is 2. The number of carboxylic acid groups (broad SMARTS) is 2. The van der Waals surface area contributed by atoms with E-state index in [9.17, 15) is 39.6 Å². The van der Waals surface area contributed by atoms with Gasteiger partial charge < -0.3 is 59.0 Å². The van der Waals surface area contributed by atoms with Gasteiger partial charge in [-0.05, 0) is 182 Å². The monoisotopic (exact) mass is 1240 g/mol. The molecule has 0 radical (unpaired) electrons. The molecule has 4 aliphatic heterocycles. The Hall–Kier alpha value is -6.14. The Bertz CT molecular complexity index is 3140. The van der Waals surface area contributed by atoms with Crippen LogP contribution in [0.4, 0.5) is 11.4 Å². The number of benzene rings is 4. The van der Waals surface area contributed by atoms with Crippen LogP contribution in [0.1, 0.15) is 111 Å². The van der Waals surface area contributed by atoms with Gasteiger partial charge >= 0.3 is 11.9 Å². The van der Waals surface area contributed by atoms with Crippen LogP contribution in [0.15, 0.2) is 97.1 Å². The van der Waals surface area contributed by atoms with Gasteiger partial charge in [0, 0.05) is 88.5 Å². The first-order valence-electron chi connectivity index (χ1n) is 31.5. The number of carboxylic acids is 2. The lowest BCUT2D eigenvalue weighted by molar-refractivity contribution is -0.164. The molecule has 0 unspecified atom stereocenters. The summed E-state index contributed by atoms with van der Waals surface area (Å²) < 4.78 is 25.2. The number of hydrogen-bond donors (Lipinski definition) is 4. The molecule has 4 aromatic rings. The van der Waals surface area contributed by atoms with Gasteiger partial charge in [-0.3, -0.25) is 9.59 Å². The molecule has 16 nitrogen and oxygen atoms in total. The lowest BCUT2D eigenvalue weighted by Crippen LogP contribution is -2.49. The van der Waals surface area contributed by atoms with Crippen LogP contribution < -0.4 is 19.3 Å². The van der Waals surface area contributed by atoms with Gasteiger partial charge in [-0.25, -0.2) is 9.59 Å². The fourth-order valence-corrected chi connectivity index (χ4v) is 16.1. The summed E-state index contributed by atoms with van der Waals surface area (Å²) in [4.78, 5) is 59.5. The molecule has 4 aromatic carbocycles. The predicted molar refractivity (Wildman–Crippen MR) is 339 cm³/mol. The molecule has 12 atom stereocenters. The Morgan fingerprint density at radius 3 is 1.34 bits per heavy atom. The maximum atomic E-state index is 13.3. The molecule has 18 heteroatoms. The summed E-state index contributed by atoms with van der Waals surface area (Å²) in [7, 11) is 6.82. The van der Waals surface area contributed by atoms with Crippen LogP contribution in [0.25, 0.3) is 0 Å². The number of aliphatic carboxylic acids is 2. The summed E-state index contributed by atoms with van der Waals surface area (Å²) >= 11 is 12.8. The Labute approximate surface area is 527 Å². The van der Waals surface area contributed by atoms with E-state index in [0.29, 0.717) is 74.6 Å². The number of rotatable bonds is 4. The molecular weight excluding hydrogens is 1160 g/mol. The second-order valence-electron chi connectivity index (χ2n) is 26.9. The largest absolute Gasteiger partial charge is 0.490 e. The van der Waals surface area contributed by atoms with E-state index in [2.05, 4.69) is 58.4 Å². The fourth-order valence-electron chi connectivity index (χ4n) is 15.7. The number of hydrogen-bond acceptors (Lipinski definition) is 12. The highest BCUT2D eigenvalue weighted by Crippen LogP contribution is 2.51. The van der Waals surface area contributed by atoms with E-state index in [1.165, 1.54) is 32.1 Å². The van der Waals surface area contributed by atoms with E-state index in [4.69, 9.17) is 42.1 Å². The van der Waals surface area contributed by atoms with Gasteiger partial charge in [0.05, 0.1) is 49.6 Å². The Kier molecular flexibility index (Phi) is 18.5. The number of carbonyl (C=O) groups is 4. The SMILES string of the molecule is CO[C@H]1/C=C/[C@@H](C)CN(C)C(=O)C[C@@](O)(C(=O)O)c2ccc3c(c2)N(C[C@@H]2CC[C@H]21)C[C@@]1(CCCc2cc(Cl)ccc21)CO3.CO[C@H]1/C=C/[C@H](C)CN(C)C(=O)C[C@@](O)(C(=O)O)c2ccc3c(c2)N(C[C@@H]2CC[C@H]21)C[C@@]1(CCCc2cc(Cl)ccc21)CO3. The number of carbonyl (C=O) groups excluding carboxylic acids is 2. The molecule has 0 saturated heterocycles. The van der Waals surface area contributed by atoms with Crippen molar-refractivity contribution in [3.05, 3.63) is 141 Å². The zero-order valence-electron chi connectivity index (χ0n) is 51.6. The highest BCUT2D eigenvalue weighted by molar-refractivity contribution is 6.31. The van der Waals surface area contributed by atoms with Crippen molar-refractivity contribution in [1.82, 2.24) is 9.80 Å². The summed E-state index contributed by atoms with van der Waals surface area (Å²) in [5.41, 5.74) is 1.49. The van der Waals surface area contributed by atoms with Crippen molar-refractivity contribution in [1.29, 1.82) is 0 Å². The number of ether oxygens (including phenoxy) is 4. The molecule has 2 saturated carbocycles. The van der Waals surface area contributed by atoms with E-state index < -0.39 is 47.8 Å². The van der Waals surface area contributed by atoms with Gasteiger partial charge in [0.25, 0.3) is 0 Å². The highest BCUT2D eigenvalue weighted by atomic mass is 35.5. The zero-order valence-corrected chi connectivity index (χ0v) is 53.1. The maximum absolute atomic E-state index is 13.3. The molecule has 2 amide bonds. The van der Waals surface area contributed by atoms with Crippen molar-refractivity contribution in [2.24, 2.45) is 35.5 Å². The van der Waals surface area contributed by atoms with Crippen LogP contribution in [0.5, 0.6) is 11.5 Å². The smallest absolute Gasteiger partial charge is 0.340 e. The van der Waals surface area contributed by atoms with Crippen molar-refractivity contribution in [3.63, 3.8) is 0 Å². The molecule has 4 aliphatic carbocycles. The molecule has 4 bridgehead atoms. The Morgan fingerprint density at radius 2 is 0.977 bits per heavy atom. The van der Waals surface area contributed by atoms with Crippen molar-refractivity contribution in [3.8, 4) is 11.5 Å². The topological polar surface area (TPSA) is 199 Å². The molecular formula is C70H86Cl2N4O12. The minimum atomic E-state index is -2.39. The van der Waals surface area contributed by atoms with Crippen LogP contribution in [0, 0.1) is 35.5 Å². The van der Waals surface area contributed by atoms with Crippen LogP contribution in [0.3, 0.4) is 0 Å². The molecule has 472 valence electrons. The number of anilines is 2. The third kappa shape index (κ3) is 12.4. The zero-order chi connectivity index (χ0) is 62.5. The first kappa shape index (κ1) is 63.4. The van der Waals surface area contributed by atoms with Gasteiger partial charge in [0.15, 0.2) is 11.2 Å². The lowest BCUT2D eigenvalue weighted by atomic mass is 9.68. The van der Waals surface area contributed by atoms with E-state index in [0.717, 1.165) is 98.7 Å². The second-order valence-corrected chi connectivity index (χ2v) is 27.8. The Morgan fingerprint density at radius 1 is 0.568 bits per heavy atom. The van der Waals surface area contributed by atoms with Crippen molar-refractivity contribution < 1.29 is 58.6 Å². The number of halogens is 2. The Balaban J connectivity index is 0.000000182. The van der Waals surface area contributed by atoms with Crippen LogP contribution in [-0.2, 0) is 63.5 Å². The first-order chi connectivity index (χ1) is 42.0. The average molecular weight is 1250 g/mol. The predicted octanol–water partition coefficient (Wildman–Crippen LogP) is 10.4. The van der Waals surface area contributed by atoms with E-state index in [1.54, 1.807) is 64.7 Å². The third-order valence-corrected chi connectivity index (χ3v) is 21.5. The van der Waals surface area contributed by atoms with Gasteiger partial charge in [-0.15, -0.1) is 0 Å². The lowest BCUT2D eigenvalue weighted by Gasteiger charge is -2.46. The van der Waals surface area contributed by atoms with E-state index in [1.807, 2.05) is 26.0 Å². The normalized spacial score (nSPS) is 33.0. The average Bonchev–Trinajstić information content (AvgIpc) is 1.60. The molecule has 0 aromatic heterocycles. The molecule has 4 N–H and O–H groups in total. The summed E-state index contributed by atoms with van der Waals surface area (Å²) in [5, 5.41) is 45.3. The summed E-state index contributed by atoms with van der Waals surface area (Å²) in [6.07, 6.45) is 17.3. The van der Waals surface area contributed by atoms with Crippen molar-refractivity contribution >= 4 is 58.3 Å². The minimum absolute atomic E-state index is 0.0272. The number of fused-ring (bicyclic) bond motifs is 8. The third-order valence-electron chi connectivity index (χ3n) is 21.0. The summed E-state index contributed by atoms with van der Waals surface area (Å²) in [6, 6.07) is 22.5. The first-order valence-corrected chi connectivity index (χ1v) is 32.3. The standard InChI is InChI=1S/2C35H43ClN2O6/c2*1-22-6-12-30(43-3)27-10-7-24(27)19-38-20-34(14-4-5-23-15-26(36)9-11-28(23)34)21-44-31-13-8-25(16-29(31)38)35(42,33(40)41)17-32(39)37(2)18-22/h2*6,8-9,11-13,15-16,22,24,27,30,42H,4-5,7,10,14,17-21H2,1-3H3,(H,40,41)/b2*12-6+/t22-,24+,27-,30+,34+,35+;22-,24-,27+,30-,34-,35-/m10/s1.